The van der Waals surface area contributed by atoms with Gasteiger partial charge in [0.2, 0.25) is 0 Å². The van der Waals surface area contributed by atoms with Crippen LogP contribution in [0.1, 0.15) is 11.1 Å². The molecule has 0 amide bonds. The molecule has 0 aliphatic carbocycles. The van der Waals surface area contributed by atoms with Crippen molar-refractivity contribution in [3.63, 3.8) is 0 Å². The van der Waals surface area contributed by atoms with E-state index in [1.54, 1.807) is 34.0 Å². The first-order valence-corrected chi connectivity index (χ1v) is 25.6. The second-order valence-corrected chi connectivity index (χ2v) is 21.4. The van der Waals surface area contributed by atoms with Gasteiger partial charge in [-0.1, -0.05) is 109 Å². The Bertz CT molecular complexity index is 5110. The molecule has 5 nitrogen and oxygen atoms in total. The predicted molar refractivity (Wildman–Crippen MR) is 298 cm³/mol. The standard InChI is InChI=1S/C62H31N5S3/c63-32-46-47(33-64)62(67-50-21-9-3-15-36(50)42-27-45-39-18-6-12-24-58(39)70-61(45)31-54(42)67)55(66-49-20-8-2-14-35(49)41-26-44-38-17-5-11-23-57(38)69-60(44)30-53(41)66)28-51(46)65-48-19-7-1-13-34(48)40-25-43-37-16-4-10-22-56(37)68-59(43)29-52(40)65/h1-31H. The van der Waals surface area contributed by atoms with E-state index in [4.69, 9.17) is 0 Å². The second-order valence-electron chi connectivity index (χ2n) is 18.2. The lowest BCUT2D eigenvalue weighted by molar-refractivity contribution is 1.06. The highest BCUT2D eigenvalue weighted by Gasteiger charge is 2.29. The van der Waals surface area contributed by atoms with Crippen molar-refractivity contribution in [1.29, 1.82) is 10.5 Å². The summed E-state index contributed by atoms with van der Waals surface area (Å²) in [7, 11) is 0. The smallest absolute Gasteiger partial charge is 0.103 e. The van der Waals surface area contributed by atoms with Crippen LogP contribution < -0.4 is 0 Å². The molecule has 0 spiro atoms. The highest BCUT2D eigenvalue weighted by Crippen LogP contribution is 2.48. The molecule has 0 N–H and O–H groups in total. The van der Waals surface area contributed by atoms with Gasteiger partial charge in [0.15, 0.2) is 0 Å². The topological polar surface area (TPSA) is 62.4 Å². The molecule has 0 aliphatic heterocycles. The van der Waals surface area contributed by atoms with Crippen LogP contribution in [0, 0.1) is 22.7 Å². The quantitative estimate of drug-likeness (QED) is 0.177. The normalized spacial score (nSPS) is 12.3. The first kappa shape index (κ1) is 38.2. The van der Waals surface area contributed by atoms with E-state index >= 15 is 0 Å². The molecular formula is C62H31N5S3. The largest absolute Gasteiger partial charge is 0.308 e. The van der Waals surface area contributed by atoms with Crippen LogP contribution in [0.2, 0.25) is 0 Å². The van der Waals surface area contributed by atoms with Crippen LogP contribution in [0.4, 0.5) is 0 Å². The molecule has 8 heteroatoms. The summed E-state index contributed by atoms with van der Waals surface area (Å²) >= 11 is 5.37. The van der Waals surface area contributed by atoms with Crippen molar-refractivity contribution < 1.29 is 0 Å². The van der Waals surface area contributed by atoms with E-state index in [1.807, 2.05) is 0 Å². The molecule has 0 atom stereocenters. The van der Waals surface area contributed by atoms with Crippen molar-refractivity contribution >= 4 is 160 Å². The molecule has 0 unspecified atom stereocenters. The van der Waals surface area contributed by atoms with Crippen molar-refractivity contribution in [2.24, 2.45) is 0 Å². The minimum Gasteiger partial charge on any atom is -0.308 e. The molecule has 0 aliphatic rings. The number of hydrogen-bond acceptors (Lipinski definition) is 5. The molecule has 0 saturated heterocycles. The maximum Gasteiger partial charge on any atom is 0.103 e. The van der Waals surface area contributed by atoms with Gasteiger partial charge in [-0.05, 0) is 78.9 Å². The fourth-order valence-corrected chi connectivity index (χ4v) is 15.1. The summed E-state index contributed by atoms with van der Waals surface area (Å²) in [6.07, 6.45) is 0. The van der Waals surface area contributed by atoms with Gasteiger partial charge in [0, 0.05) is 92.8 Å². The summed E-state index contributed by atoms with van der Waals surface area (Å²) in [5.41, 5.74) is 8.72. The van der Waals surface area contributed by atoms with Gasteiger partial charge in [-0.3, -0.25) is 0 Å². The van der Waals surface area contributed by atoms with Crippen LogP contribution in [-0.2, 0) is 0 Å². The molecule has 70 heavy (non-hydrogen) atoms. The monoisotopic (exact) mass is 941 g/mol. The highest BCUT2D eigenvalue weighted by molar-refractivity contribution is 7.26. The van der Waals surface area contributed by atoms with Crippen molar-refractivity contribution in [2.45, 2.75) is 0 Å². The minimum atomic E-state index is 0.317. The Labute approximate surface area is 409 Å². The average Bonchev–Trinajstić information content (AvgIpc) is 4.25. The van der Waals surface area contributed by atoms with E-state index in [2.05, 4.69) is 214 Å². The summed E-state index contributed by atoms with van der Waals surface area (Å²) in [4.78, 5) is 0. The van der Waals surface area contributed by atoms with Crippen LogP contribution >= 0.6 is 34.0 Å². The lowest BCUT2D eigenvalue weighted by atomic mass is 10.0. The molecule has 16 aromatic rings. The zero-order valence-electron chi connectivity index (χ0n) is 36.9. The Morgan fingerprint density at radius 3 is 1.03 bits per heavy atom. The van der Waals surface area contributed by atoms with E-state index in [0.29, 0.717) is 22.5 Å². The summed E-state index contributed by atoms with van der Waals surface area (Å²) in [6.45, 7) is 0. The van der Waals surface area contributed by atoms with E-state index in [1.165, 1.54) is 55.8 Å². The van der Waals surface area contributed by atoms with Crippen molar-refractivity contribution in [3.05, 3.63) is 199 Å². The van der Waals surface area contributed by atoms with Gasteiger partial charge < -0.3 is 13.7 Å². The van der Waals surface area contributed by atoms with Crippen LogP contribution in [-0.4, -0.2) is 13.7 Å². The number of fused-ring (bicyclic) bond motifs is 18. The first-order valence-electron chi connectivity index (χ1n) is 23.2. The summed E-state index contributed by atoms with van der Waals surface area (Å²) in [6, 6.07) is 73.0. The Kier molecular flexibility index (Phi) is 7.60. The van der Waals surface area contributed by atoms with Crippen LogP contribution in [0.15, 0.2) is 188 Å². The minimum absolute atomic E-state index is 0.317. The molecule has 0 fully saturated rings. The molecule has 0 bridgehead atoms. The van der Waals surface area contributed by atoms with Gasteiger partial charge in [0.1, 0.15) is 12.1 Å². The predicted octanol–water partition coefficient (Wildman–Crippen LogP) is 17.8. The number of para-hydroxylation sites is 3. The molecule has 322 valence electrons. The zero-order valence-corrected chi connectivity index (χ0v) is 39.3. The van der Waals surface area contributed by atoms with E-state index in [9.17, 15) is 10.5 Å². The van der Waals surface area contributed by atoms with E-state index in [-0.39, 0.29) is 0 Å². The number of hydrogen-bond donors (Lipinski definition) is 0. The molecule has 10 aromatic carbocycles. The Balaban J connectivity index is 1.12. The molecule has 6 heterocycles. The van der Waals surface area contributed by atoms with Crippen molar-refractivity contribution in [3.8, 4) is 29.2 Å². The second kappa shape index (κ2) is 13.9. The van der Waals surface area contributed by atoms with Crippen LogP contribution in [0.3, 0.4) is 0 Å². The third-order valence-electron chi connectivity index (χ3n) is 14.7. The number of rotatable bonds is 3. The van der Waals surface area contributed by atoms with Gasteiger partial charge >= 0.3 is 0 Å². The Morgan fingerprint density at radius 2 is 0.614 bits per heavy atom. The number of aromatic nitrogens is 3. The average molecular weight is 942 g/mol. The first-order chi connectivity index (χ1) is 34.6. The number of thiophene rings is 3. The van der Waals surface area contributed by atoms with Gasteiger partial charge in [-0.15, -0.1) is 34.0 Å². The summed E-state index contributed by atoms with van der Waals surface area (Å²) < 4.78 is 14.1. The number of benzene rings is 10. The zero-order chi connectivity index (χ0) is 45.9. The molecule has 0 saturated carbocycles. The molecule has 16 rings (SSSR count). The highest BCUT2D eigenvalue weighted by atomic mass is 32.1. The number of nitriles is 2. The van der Waals surface area contributed by atoms with Gasteiger partial charge in [0.05, 0.1) is 61.3 Å². The lowest BCUT2D eigenvalue weighted by Crippen LogP contribution is -2.11. The fraction of sp³-hybridized carbons (Fsp3) is 0. The summed E-state index contributed by atoms with van der Waals surface area (Å²) in [5, 5.41) is 37.6. The van der Waals surface area contributed by atoms with Crippen molar-refractivity contribution in [2.75, 3.05) is 0 Å². The number of nitrogens with zero attached hydrogens (tertiary/aromatic N) is 5. The SMILES string of the molecule is N#Cc1c(-n2c3ccccc3c3cc4c(cc32)sc2ccccc24)cc(-n2c3ccccc3c3cc4c(cc32)sc2ccccc24)c(-n2c3ccccc3c3cc4c(cc32)sc2ccccc24)c1C#N. The van der Waals surface area contributed by atoms with Crippen LogP contribution in [0.5, 0.6) is 0 Å². The van der Waals surface area contributed by atoms with E-state index < -0.39 is 0 Å². The Morgan fingerprint density at radius 1 is 0.271 bits per heavy atom. The third-order valence-corrected chi connectivity index (χ3v) is 18.1. The summed E-state index contributed by atoms with van der Waals surface area (Å²) in [5.74, 6) is 0. The van der Waals surface area contributed by atoms with Gasteiger partial charge in [-0.2, -0.15) is 10.5 Å². The molecule has 0 radical (unpaired) electrons. The van der Waals surface area contributed by atoms with E-state index in [0.717, 1.165) is 75.8 Å². The third kappa shape index (κ3) is 4.96. The van der Waals surface area contributed by atoms with Crippen LogP contribution in [0.25, 0.3) is 143 Å². The van der Waals surface area contributed by atoms with Gasteiger partial charge in [-0.25, -0.2) is 0 Å². The lowest BCUT2D eigenvalue weighted by Gasteiger charge is -2.22. The fourth-order valence-electron chi connectivity index (χ4n) is 11.8. The molecular weight excluding hydrogens is 911 g/mol. The maximum atomic E-state index is 12.0. The van der Waals surface area contributed by atoms with Gasteiger partial charge in [0.25, 0.3) is 0 Å². The molecule has 6 aromatic heterocycles. The maximum absolute atomic E-state index is 12.0. The van der Waals surface area contributed by atoms with Crippen molar-refractivity contribution in [1.82, 2.24) is 13.7 Å². The Hall–Kier alpha value is -8.76.